The minimum atomic E-state index is 0.0709. The zero-order chi connectivity index (χ0) is 15.5. The molecule has 114 valence electrons. The SMILES string of the molecule is Cc1ccc(C(=O)N2CCN(C)[C@H](c3ccccc3)C2)cn1. The van der Waals surface area contributed by atoms with Crippen molar-refractivity contribution in [3.8, 4) is 0 Å². The van der Waals surface area contributed by atoms with Crippen molar-refractivity contribution in [2.45, 2.75) is 13.0 Å². The number of hydrogen-bond acceptors (Lipinski definition) is 3. The molecule has 2 aromatic rings. The third-order valence-electron chi connectivity index (χ3n) is 4.28. The highest BCUT2D eigenvalue weighted by Crippen LogP contribution is 2.24. The lowest BCUT2D eigenvalue weighted by Gasteiger charge is -2.39. The van der Waals surface area contributed by atoms with Gasteiger partial charge in [-0.05, 0) is 31.7 Å². The Kier molecular flexibility index (Phi) is 4.20. The lowest BCUT2D eigenvalue weighted by atomic mass is 10.0. The maximum Gasteiger partial charge on any atom is 0.255 e. The van der Waals surface area contributed by atoms with Crippen molar-refractivity contribution in [1.82, 2.24) is 14.8 Å². The Balaban J connectivity index is 1.78. The van der Waals surface area contributed by atoms with Crippen LogP contribution in [0.15, 0.2) is 48.7 Å². The van der Waals surface area contributed by atoms with Crippen LogP contribution in [0.3, 0.4) is 0 Å². The molecule has 1 aromatic carbocycles. The quantitative estimate of drug-likeness (QED) is 0.854. The minimum absolute atomic E-state index is 0.0709. The number of benzene rings is 1. The third kappa shape index (κ3) is 3.02. The van der Waals surface area contributed by atoms with Gasteiger partial charge in [0.15, 0.2) is 0 Å². The molecule has 1 aliphatic heterocycles. The van der Waals surface area contributed by atoms with Crippen LogP contribution in [-0.4, -0.2) is 47.4 Å². The lowest BCUT2D eigenvalue weighted by Crippen LogP contribution is -2.49. The van der Waals surface area contributed by atoms with Crippen LogP contribution in [0.25, 0.3) is 0 Å². The van der Waals surface area contributed by atoms with Gasteiger partial charge in [-0.1, -0.05) is 30.3 Å². The van der Waals surface area contributed by atoms with Crippen LogP contribution in [0.5, 0.6) is 0 Å². The van der Waals surface area contributed by atoms with Gasteiger partial charge in [0.25, 0.3) is 5.91 Å². The molecule has 1 atom stereocenters. The molecule has 1 amide bonds. The summed E-state index contributed by atoms with van der Waals surface area (Å²) in [4.78, 5) is 21.1. The molecule has 2 heterocycles. The number of amides is 1. The number of piperazine rings is 1. The van der Waals surface area contributed by atoms with Crippen molar-refractivity contribution in [2.24, 2.45) is 0 Å². The van der Waals surface area contributed by atoms with E-state index < -0.39 is 0 Å². The van der Waals surface area contributed by atoms with E-state index in [1.807, 2.05) is 42.2 Å². The van der Waals surface area contributed by atoms with E-state index in [-0.39, 0.29) is 11.9 Å². The first-order valence-corrected chi connectivity index (χ1v) is 7.62. The van der Waals surface area contributed by atoms with Gasteiger partial charge >= 0.3 is 0 Å². The standard InChI is InChI=1S/C18H21N3O/c1-14-8-9-16(12-19-14)18(22)21-11-10-20(2)17(13-21)15-6-4-3-5-7-15/h3-9,12,17H,10-11,13H2,1-2H3/t17-/m0/s1. The third-order valence-corrected chi connectivity index (χ3v) is 4.28. The number of carbonyl (C=O) groups excluding carboxylic acids is 1. The summed E-state index contributed by atoms with van der Waals surface area (Å²) in [6.07, 6.45) is 1.67. The van der Waals surface area contributed by atoms with Crippen molar-refractivity contribution in [3.63, 3.8) is 0 Å². The fourth-order valence-corrected chi connectivity index (χ4v) is 2.87. The van der Waals surface area contributed by atoms with Crippen LogP contribution in [0.1, 0.15) is 27.7 Å². The molecular formula is C18H21N3O. The molecule has 0 bridgehead atoms. The summed E-state index contributed by atoms with van der Waals surface area (Å²) in [5.41, 5.74) is 2.85. The van der Waals surface area contributed by atoms with E-state index in [0.717, 1.165) is 18.8 Å². The highest BCUT2D eigenvalue weighted by Gasteiger charge is 2.28. The van der Waals surface area contributed by atoms with Crippen molar-refractivity contribution in [3.05, 3.63) is 65.5 Å². The maximum atomic E-state index is 12.7. The average Bonchev–Trinajstić information content (AvgIpc) is 2.56. The topological polar surface area (TPSA) is 36.4 Å². The summed E-state index contributed by atoms with van der Waals surface area (Å²) < 4.78 is 0. The fraction of sp³-hybridized carbons (Fsp3) is 0.333. The summed E-state index contributed by atoms with van der Waals surface area (Å²) in [6, 6.07) is 14.4. The highest BCUT2D eigenvalue weighted by molar-refractivity contribution is 5.94. The summed E-state index contributed by atoms with van der Waals surface area (Å²) in [7, 11) is 2.12. The second kappa shape index (κ2) is 6.28. The number of likely N-dealkylation sites (N-methyl/N-ethyl adjacent to an activating group) is 1. The van der Waals surface area contributed by atoms with Crippen molar-refractivity contribution >= 4 is 5.91 Å². The fourth-order valence-electron chi connectivity index (χ4n) is 2.87. The Morgan fingerprint density at radius 1 is 1.14 bits per heavy atom. The molecule has 0 N–H and O–H groups in total. The normalized spacial score (nSPS) is 19.2. The molecule has 3 rings (SSSR count). The monoisotopic (exact) mass is 295 g/mol. The second-order valence-corrected chi connectivity index (χ2v) is 5.85. The summed E-state index contributed by atoms with van der Waals surface area (Å²) in [5.74, 6) is 0.0709. The molecule has 0 aliphatic carbocycles. The van der Waals surface area contributed by atoms with E-state index in [4.69, 9.17) is 0 Å². The summed E-state index contributed by atoms with van der Waals surface area (Å²) in [6.45, 7) is 4.28. The molecule has 0 saturated carbocycles. The van der Waals surface area contributed by atoms with E-state index in [0.29, 0.717) is 12.1 Å². The van der Waals surface area contributed by atoms with Gasteiger partial charge in [-0.3, -0.25) is 14.7 Å². The first kappa shape index (κ1) is 14.7. The van der Waals surface area contributed by atoms with Crippen LogP contribution in [0, 0.1) is 6.92 Å². The molecule has 1 fully saturated rings. The van der Waals surface area contributed by atoms with E-state index >= 15 is 0 Å². The molecule has 0 spiro atoms. The van der Waals surface area contributed by atoms with Crippen LogP contribution < -0.4 is 0 Å². The Labute approximate surface area is 131 Å². The number of pyridine rings is 1. The summed E-state index contributed by atoms with van der Waals surface area (Å²) >= 11 is 0. The molecule has 1 saturated heterocycles. The number of aryl methyl sites for hydroxylation is 1. The summed E-state index contributed by atoms with van der Waals surface area (Å²) in [5, 5.41) is 0. The molecule has 1 aliphatic rings. The Bertz CT molecular complexity index is 639. The van der Waals surface area contributed by atoms with Gasteiger partial charge < -0.3 is 4.90 Å². The van der Waals surface area contributed by atoms with Gasteiger partial charge in [0.1, 0.15) is 0 Å². The van der Waals surface area contributed by atoms with Gasteiger partial charge in [0, 0.05) is 31.5 Å². The van der Waals surface area contributed by atoms with E-state index in [1.54, 1.807) is 6.20 Å². The number of rotatable bonds is 2. The molecule has 0 unspecified atom stereocenters. The number of aromatic nitrogens is 1. The molecule has 22 heavy (non-hydrogen) atoms. The van der Waals surface area contributed by atoms with Gasteiger partial charge in [0.2, 0.25) is 0 Å². The van der Waals surface area contributed by atoms with Crippen molar-refractivity contribution in [2.75, 3.05) is 26.7 Å². The highest BCUT2D eigenvalue weighted by atomic mass is 16.2. The minimum Gasteiger partial charge on any atom is -0.335 e. The molecular weight excluding hydrogens is 274 g/mol. The number of nitrogens with zero attached hydrogens (tertiary/aromatic N) is 3. The predicted molar refractivity (Wildman–Crippen MR) is 86.7 cm³/mol. The predicted octanol–water partition coefficient (Wildman–Crippen LogP) is 2.52. The Morgan fingerprint density at radius 3 is 2.59 bits per heavy atom. The Morgan fingerprint density at radius 2 is 1.91 bits per heavy atom. The van der Waals surface area contributed by atoms with Gasteiger partial charge in [-0.2, -0.15) is 0 Å². The van der Waals surface area contributed by atoms with Crippen LogP contribution in [0.4, 0.5) is 0 Å². The average molecular weight is 295 g/mol. The molecule has 4 nitrogen and oxygen atoms in total. The van der Waals surface area contributed by atoms with Gasteiger partial charge in [-0.25, -0.2) is 0 Å². The first-order valence-electron chi connectivity index (χ1n) is 7.62. The van der Waals surface area contributed by atoms with Crippen molar-refractivity contribution < 1.29 is 4.79 Å². The lowest BCUT2D eigenvalue weighted by molar-refractivity contribution is 0.0546. The van der Waals surface area contributed by atoms with Gasteiger partial charge in [-0.15, -0.1) is 0 Å². The maximum absolute atomic E-state index is 12.7. The van der Waals surface area contributed by atoms with E-state index in [1.165, 1.54) is 5.56 Å². The smallest absolute Gasteiger partial charge is 0.255 e. The van der Waals surface area contributed by atoms with E-state index in [9.17, 15) is 4.79 Å². The zero-order valence-electron chi connectivity index (χ0n) is 13.1. The Hall–Kier alpha value is -2.20. The molecule has 0 radical (unpaired) electrons. The van der Waals surface area contributed by atoms with Crippen LogP contribution >= 0.6 is 0 Å². The zero-order valence-corrected chi connectivity index (χ0v) is 13.1. The number of hydrogen-bond donors (Lipinski definition) is 0. The second-order valence-electron chi connectivity index (χ2n) is 5.85. The molecule has 4 heteroatoms. The molecule has 1 aromatic heterocycles. The largest absolute Gasteiger partial charge is 0.335 e. The van der Waals surface area contributed by atoms with Crippen molar-refractivity contribution in [1.29, 1.82) is 0 Å². The number of carbonyl (C=O) groups is 1. The first-order chi connectivity index (χ1) is 10.6. The van der Waals surface area contributed by atoms with Crippen LogP contribution in [-0.2, 0) is 0 Å². The van der Waals surface area contributed by atoms with Gasteiger partial charge in [0.05, 0.1) is 11.6 Å². The van der Waals surface area contributed by atoms with Crippen LogP contribution in [0.2, 0.25) is 0 Å². The van der Waals surface area contributed by atoms with E-state index in [2.05, 4.69) is 29.1 Å².